The van der Waals surface area contributed by atoms with Gasteiger partial charge in [-0.3, -0.25) is 0 Å². The van der Waals surface area contributed by atoms with E-state index in [0.29, 0.717) is 4.73 Å². The predicted molar refractivity (Wildman–Crippen MR) is 90.3 cm³/mol. The molecule has 0 aliphatic carbocycles. The van der Waals surface area contributed by atoms with Crippen LogP contribution in [-0.2, 0) is 11.3 Å². The highest BCUT2D eigenvalue weighted by Gasteiger charge is 2.50. The largest absolute Gasteiger partial charge is 0.618 e. The van der Waals surface area contributed by atoms with Gasteiger partial charge in [0.1, 0.15) is 18.7 Å². The number of benzene rings is 1. The standard InChI is InChI=1S/C18H19F2N3O4/c1-26-16-11-23(25)15(9-21-16)14-10-22(8-7-18(14,19)20)17(24)27-12-13-5-3-2-4-6-13/h2-6,9,11,14H,7-8,10,12H2,1H3. The summed E-state index contributed by atoms with van der Waals surface area (Å²) < 4.78 is 39.2. The van der Waals surface area contributed by atoms with E-state index in [0.717, 1.165) is 18.0 Å². The number of hydrogen-bond donors (Lipinski definition) is 0. The first-order chi connectivity index (χ1) is 12.9. The molecule has 27 heavy (non-hydrogen) atoms. The second-order valence-corrected chi connectivity index (χ2v) is 6.23. The second kappa shape index (κ2) is 7.73. The van der Waals surface area contributed by atoms with Crippen molar-refractivity contribution < 1.29 is 27.8 Å². The first-order valence-corrected chi connectivity index (χ1v) is 8.37. The SMILES string of the molecule is COc1c[n+]([O-])c(C2CN(C(=O)OCc3ccccc3)CCC2(F)F)cn1. The van der Waals surface area contributed by atoms with E-state index in [-0.39, 0.29) is 31.3 Å². The Kier molecular flexibility index (Phi) is 5.38. The van der Waals surface area contributed by atoms with E-state index < -0.39 is 24.4 Å². The van der Waals surface area contributed by atoms with Gasteiger partial charge in [0, 0.05) is 19.5 Å². The zero-order valence-corrected chi connectivity index (χ0v) is 14.7. The molecule has 9 heteroatoms. The number of piperidine rings is 1. The van der Waals surface area contributed by atoms with Crippen molar-refractivity contribution in [2.24, 2.45) is 0 Å². The van der Waals surface area contributed by atoms with Crippen LogP contribution in [0.5, 0.6) is 5.88 Å². The summed E-state index contributed by atoms with van der Waals surface area (Å²) in [5.74, 6) is -4.60. The van der Waals surface area contributed by atoms with Crippen molar-refractivity contribution in [2.45, 2.75) is 24.9 Å². The number of nitrogens with zero attached hydrogens (tertiary/aromatic N) is 3. The average Bonchev–Trinajstić information content (AvgIpc) is 2.67. The summed E-state index contributed by atoms with van der Waals surface area (Å²) in [7, 11) is 1.32. The summed E-state index contributed by atoms with van der Waals surface area (Å²) in [6, 6.07) is 9.05. The maximum atomic E-state index is 14.4. The maximum Gasteiger partial charge on any atom is 0.410 e. The molecule has 0 spiro atoms. The summed E-state index contributed by atoms with van der Waals surface area (Å²) in [5, 5.41) is 12.1. The van der Waals surface area contributed by atoms with E-state index in [2.05, 4.69) is 4.98 Å². The predicted octanol–water partition coefficient (Wildman–Crippen LogP) is 2.49. The summed E-state index contributed by atoms with van der Waals surface area (Å²) in [5.41, 5.74) is 0.572. The molecule has 0 bridgehead atoms. The summed E-state index contributed by atoms with van der Waals surface area (Å²) in [6.45, 7) is -0.445. The van der Waals surface area contributed by atoms with Crippen molar-refractivity contribution in [1.29, 1.82) is 0 Å². The normalized spacial score (nSPS) is 18.8. The molecular weight excluding hydrogens is 360 g/mol. The number of amides is 1. The van der Waals surface area contributed by atoms with Crippen LogP contribution in [0, 0.1) is 5.21 Å². The highest BCUT2D eigenvalue weighted by atomic mass is 19.3. The van der Waals surface area contributed by atoms with Crippen LogP contribution in [-0.4, -0.2) is 42.1 Å². The summed E-state index contributed by atoms with van der Waals surface area (Å²) >= 11 is 0. The lowest BCUT2D eigenvalue weighted by atomic mass is 9.91. The van der Waals surface area contributed by atoms with Gasteiger partial charge < -0.3 is 19.6 Å². The van der Waals surface area contributed by atoms with E-state index in [1.165, 1.54) is 12.0 Å². The molecule has 1 aromatic heterocycles. The number of rotatable bonds is 4. The fourth-order valence-electron chi connectivity index (χ4n) is 2.93. The number of methoxy groups -OCH3 is 1. The second-order valence-electron chi connectivity index (χ2n) is 6.23. The third kappa shape index (κ3) is 4.24. The van der Waals surface area contributed by atoms with Crippen LogP contribution >= 0.6 is 0 Å². The van der Waals surface area contributed by atoms with Crippen molar-refractivity contribution in [3.05, 3.63) is 59.2 Å². The molecule has 0 N–H and O–H groups in total. The maximum absolute atomic E-state index is 14.4. The van der Waals surface area contributed by atoms with Gasteiger partial charge >= 0.3 is 6.09 Å². The third-order valence-corrected chi connectivity index (χ3v) is 4.46. The molecule has 7 nitrogen and oxygen atoms in total. The lowest BCUT2D eigenvalue weighted by Crippen LogP contribution is -2.51. The minimum Gasteiger partial charge on any atom is -0.618 e. The number of hydrogen-bond acceptors (Lipinski definition) is 5. The smallest absolute Gasteiger partial charge is 0.410 e. The van der Waals surface area contributed by atoms with E-state index >= 15 is 0 Å². The minimum atomic E-state index is -3.14. The molecule has 3 rings (SSSR count). The average molecular weight is 379 g/mol. The number of ether oxygens (including phenoxy) is 2. The lowest BCUT2D eigenvalue weighted by molar-refractivity contribution is -0.618. The third-order valence-electron chi connectivity index (χ3n) is 4.46. The van der Waals surface area contributed by atoms with Crippen LogP contribution < -0.4 is 9.47 Å². The van der Waals surface area contributed by atoms with Crippen LogP contribution in [0.15, 0.2) is 42.7 Å². The van der Waals surface area contributed by atoms with Crippen molar-refractivity contribution in [1.82, 2.24) is 9.88 Å². The minimum absolute atomic E-state index is 0.0204. The Bertz CT molecular complexity index is 804. The molecule has 1 amide bonds. The van der Waals surface area contributed by atoms with E-state index in [1.807, 2.05) is 18.2 Å². The molecular formula is C18H19F2N3O4. The van der Waals surface area contributed by atoms with Gasteiger partial charge in [-0.05, 0) is 5.56 Å². The molecule has 144 valence electrons. The molecule has 0 saturated carbocycles. The first kappa shape index (κ1) is 18.8. The molecule has 1 aromatic carbocycles. The lowest BCUT2D eigenvalue weighted by Gasteiger charge is -2.36. The van der Waals surface area contributed by atoms with Crippen LogP contribution in [0.1, 0.15) is 23.6 Å². The van der Waals surface area contributed by atoms with Crippen LogP contribution in [0.4, 0.5) is 13.6 Å². The topological polar surface area (TPSA) is 78.6 Å². The van der Waals surface area contributed by atoms with Crippen molar-refractivity contribution in [3.8, 4) is 5.88 Å². The van der Waals surface area contributed by atoms with E-state index in [9.17, 15) is 18.8 Å². The van der Waals surface area contributed by atoms with Crippen LogP contribution in [0.3, 0.4) is 0 Å². The van der Waals surface area contributed by atoms with Gasteiger partial charge in [0.2, 0.25) is 11.9 Å². The fourth-order valence-corrected chi connectivity index (χ4v) is 2.93. The summed E-state index contributed by atoms with van der Waals surface area (Å²) in [6.07, 6.45) is 0.782. The number of carbonyl (C=O) groups excluding carboxylic acids is 1. The molecule has 2 aromatic rings. The Morgan fingerprint density at radius 1 is 1.41 bits per heavy atom. The van der Waals surface area contributed by atoms with Gasteiger partial charge in [-0.15, -0.1) is 0 Å². The van der Waals surface area contributed by atoms with Crippen LogP contribution in [0.2, 0.25) is 0 Å². The van der Waals surface area contributed by atoms with Gasteiger partial charge in [-0.25, -0.2) is 18.6 Å². The highest BCUT2D eigenvalue weighted by Crippen LogP contribution is 2.39. The number of carbonyl (C=O) groups is 1. The Hall–Kier alpha value is -2.97. The van der Waals surface area contributed by atoms with Gasteiger partial charge in [0.05, 0.1) is 7.11 Å². The number of halogens is 2. The zero-order valence-electron chi connectivity index (χ0n) is 14.7. The molecule has 2 heterocycles. The molecule has 1 unspecified atom stereocenters. The summed E-state index contributed by atoms with van der Waals surface area (Å²) in [4.78, 5) is 17.3. The number of aromatic nitrogens is 2. The quantitative estimate of drug-likeness (QED) is 0.602. The van der Waals surface area contributed by atoms with Crippen molar-refractivity contribution in [2.75, 3.05) is 20.2 Å². The zero-order chi connectivity index (χ0) is 19.4. The molecule has 1 aliphatic heterocycles. The van der Waals surface area contributed by atoms with Gasteiger partial charge in [-0.1, -0.05) is 30.3 Å². The molecule has 0 radical (unpaired) electrons. The Morgan fingerprint density at radius 3 is 2.81 bits per heavy atom. The molecule has 1 saturated heterocycles. The Balaban J connectivity index is 1.72. The van der Waals surface area contributed by atoms with Gasteiger partial charge in [0.25, 0.3) is 11.8 Å². The Morgan fingerprint density at radius 2 is 2.15 bits per heavy atom. The molecule has 1 aliphatic rings. The van der Waals surface area contributed by atoms with Crippen LogP contribution in [0.25, 0.3) is 0 Å². The van der Waals surface area contributed by atoms with Crippen molar-refractivity contribution >= 4 is 6.09 Å². The van der Waals surface area contributed by atoms with E-state index in [4.69, 9.17) is 9.47 Å². The van der Waals surface area contributed by atoms with Gasteiger partial charge in [-0.2, -0.15) is 4.73 Å². The fraction of sp³-hybridized carbons (Fsp3) is 0.389. The number of alkyl halides is 2. The monoisotopic (exact) mass is 379 g/mol. The Labute approximate surface area is 154 Å². The van der Waals surface area contributed by atoms with Gasteiger partial charge in [0.15, 0.2) is 0 Å². The molecule has 1 fully saturated rings. The highest BCUT2D eigenvalue weighted by molar-refractivity contribution is 5.68. The van der Waals surface area contributed by atoms with E-state index in [1.54, 1.807) is 12.1 Å². The molecule has 1 atom stereocenters. The van der Waals surface area contributed by atoms with Crippen molar-refractivity contribution in [3.63, 3.8) is 0 Å². The first-order valence-electron chi connectivity index (χ1n) is 8.37. The number of likely N-dealkylation sites (tertiary alicyclic amines) is 1.